The topological polar surface area (TPSA) is 74.8 Å². The van der Waals surface area contributed by atoms with E-state index in [2.05, 4.69) is 10.3 Å². The van der Waals surface area contributed by atoms with E-state index in [1.165, 1.54) is 16.2 Å². The van der Waals surface area contributed by atoms with Gasteiger partial charge in [-0.2, -0.15) is 0 Å². The largest absolute Gasteiger partial charge is 0.496 e. The Bertz CT molecular complexity index is 1560. The van der Waals surface area contributed by atoms with Crippen molar-refractivity contribution in [2.24, 2.45) is 0 Å². The average Bonchev–Trinajstić information content (AvgIpc) is 3.35. The first-order valence-corrected chi connectivity index (χ1v) is 15.0. The first kappa shape index (κ1) is 29.0. The van der Waals surface area contributed by atoms with Crippen molar-refractivity contribution in [3.05, 3.63) is 82.0 Å². The van der Waals surface area contributed by atoms with E-state index in [0.717, 1.165) is 52.5 Å². The van der Waals surface area contributed by atoms with Crippen molar-refractivity contribution >= 4 is 44.8 Å². The molecular weight excluding hydrogens is 556 g/mol. The third kappa shape index (κ3) is 6.10. The van der Waals surface area contributed by atoms with Crippen LogP contribution < -0.4 is 10.1 Å². The van der Waals surface area contributed by atoms with Crippen LogP contribution in [0.3, 0.4) is 0 Å². The van der Waals surface area contributed by atoms with Crippen LogP contribution in [0.2, 0.25) is 5.02 Å². The summed E-state index contributed by atoms with van der Waals surface area (Å²) in [7, 11) is 7.06. The van der Waals surface area contributed by atoms with Gasteiger partial charge in [0.2, 0.25) is 0 Å². The first-order valence-electron chi connectivity index (χ1n) is 13.8. The molecule has 0 saturated heterocycles. The monoisotopic (exact) mass is 590 g/mol. The number of fused-ring (bicyclic) bond motifs is 1. The molecule has 2 amide bonds. The highest BCUT2D eigenvalue weighted by Gasteiger charge is 2.32. The Kier molecular flexibility index (Phi) is 8.92. The van der Waals surface area contributed by atoms with Gasteiger partial charge < -0.3 is 19.9 Å². The van der Waals surface area contributed by atoms with E-state index in [4.69, 9.17) is 16.3 Å². The van der Waals surface area contributed by atoms with E-state index in [0.29, 0.717) is 33.9 Å². The molecule has 1 N–H and O–H groups in total. The summed E-state index contributed by atoms with van der Waals surface area (Å²) in [4.78, 5) is 35.1. The first-order chi connectivity index (χ1) is 19.8. The minimum absolute atomic E-state index is 0.0562. The number of carbonyl (C=O) groups is 2. The number of halogens is 1. The molecule has 1 aliphatic carbocycles. The lowest BCUT2D eigenvalue weighted by atomic mass is 9.89. The maximum Gasteiger partial charge on any atom is 0.271 e. The number of nitrogens with zero attached hydrogens (tertiary/aromatic N) is 3. The van der Waals surface area contributed by atoms with Gasteiger partial charge in [-0.1, -0.05) is 35.9 Å². The number of pyridine rings is 1. The predicted octanol–water partition coefficient (Wildman–Crippen LogP) is 6.50. The molecule has 214 valence electrons. The molecule has 1 aliphatic rings. The van der Waals surface area contributed by atoms with Crippen LogP contribution in [-0.2, 0) is 6.54 Å². The summed E-state index contributed by atoms with van der Waals surface area (Å²) in [6.45, 7) is 0.379. The molecule has 2 heterocycles. The summed E-state index contributed by atoms with van der Waals surface area (Å²) in [5.41, 5.74) is 3.06. The van der Waals surface area contributed by atoms with E-state index in [1.807, 2.05) is 60.5 Å². The van der Waals surface area contributed by atoms with Gasteiger partial charge in [0.15, 0.2) is 0 Å². The summed E-state index contributed by atoms with van der Waals surface area (Å²) in [5.74, 6) is 0.491. The smallest absolute Gasteiger partial charge is 0.271 e. The van der Waals surface area contributed by atoms with Crippen molar-refractivity contribution in [3.8, 4) is 16.9 Å². The van der Waals surface area contributed by atoms with E-state index in [9.17, 15) is 9.59 Å². The van der Waals surface area contributed by atoms with E-state index < -0.39 is 0 Å². The number of thiophene rings is 1. The summed E-state index contributed by atoms with van der Waals surface area (Å²) in [6.07, 6.45) is 5.46. The van der Waals surface area contributed by atoms with Crippen molar-refractivity contribution in [2.75, 3.05) is 28.3 Å². The number of methoxy groups -OCH3 is 1. The molecule has 41 heavy (non-hydrogen) atoms. The number of benzene rings is 2. The molecule has 9 heteroatoms. The zero-order valence-corrected chi connectivity index (χ0v) is 25.4. The predicted molar refractivity (Wildman–Crippen MR) is 166 cm³/mol. The molecule has 0 bridgehead atoms. The number of hydrogen-bond donors (Lipinski definition) is 1. The molecule has 4 aromatic rings. The van der Waals surface area contributed by atoms with Gasteiger partial charge in [0.25, 0.3) is 11.8 Å². The fourth-order valence-electron chi connectivity index (χ4n) is 5.55. The number of rotatable bonds is 8. The molecule has 0 atom stereocenters. The third-order valence-corrected chi connectivity index (χ3v) is 9.54. The summed E-state index contributed by atoms with van der Waals surface area (Å²) >= 11 is 8.25. The number of nitrogens with one attached hydrogen (secondary N) is 1. The van der Waals surface area contributed by atoms with Crippen LogP contribution in [0.25, 0.3) is 21.2 Å². The molecule has 1 saturated carbocycles. The van der Waals surface area contributed by atoms with Crippen molar-refractivity contribution in [2.45, 2.75) is 44.3 Å². The quantitative estimate of drug-likeness (QED) is 0.253. The van der Waals surface area contributed by atoms with Gasteiger partial charge in [-0.15, -0.1) is 11.3 Å². The van der Waals surface area contributed by atoms with Crippen LogP contribution in [0.4, 0.5) is 0 Å². The molecule has 2 aromatic carbocycles. The maximum absolute atomic E-state index is 14.3. The van der Waals surface area contributed by atoms with Crippen molar-refractivity contribution < 1.29 is 14.3 Å². The third-order valence-electron chi connectivity index (χ3n) is 7.88. The second-order valence-electron chi connectivity index (χ2n) is 10.6. The Labute approximate surface area is 250 Å². The van der Waals surface area contributed by atoms with Gasteiger partial charge in [-0.3, -0.25) is 14.6 Å². The molecule has 1 fully saturated rings. The molecule has 0 aliphatic heterocycles. The molecule has 0 unspecified atom stereocenters. The maximum atomic E-state index is 14.3. The molecule has 0 radical (unpaired) electrons. The second-order valence-corrected chi connectivity index (χ2v) is 12.1. The molecule has 7 nitrogen and oxygen atoms in total. The number of amides is 2. The Morgan fingerprint density at radius 1 is 1.02 bits per heavy atom. The highest BCUT2D eigenvalue weighted by atomic mass is 35.5. The fraction of sp³-hybridized carbons (Fsp3) is 0.344. The Morgan fingerprint density at radius 3 is 2.44 bits per heavy atom. The van der Waals surface area contributed by atoms with Gasteiger partial charge in [0.1, 0.15) is 16.3 Å². The zero-order valence-electron chi connectivity index (χ0n) is 23.8. The fourth-order valence-corrected chi connectivity index (χ4v) is 7.01. The van der Waals surface area contributed by atoms with Crippen LogP contribution in [0.15, 0.2) is 60.8 Å². The van der Waals surface area contributed by atoms with Crippen molar-refractivity contribution in [3.63, 3.8) is 0 Å². The van der Waals surface area contributed by atoms with Crippen molar-refractivity contribution in [1.82, 2.24) is 20.1 Å². The number of aromatic nitrogens is 1. The minimum atomic E-state index is -0.158. The minimum Gasteiger partial charge on any atom is -0.496 e. The molecule has 2 aromatic heterocycles. The lowest BCUT2D eigenvalue weighted by Gasteiger charge is -2.37. The number of carbonyl (C=O) groups excluding carboxylic acids is 2. The highest BCUT2D eigenvalue weighted by Crippen LogP contribution is 2.38. The van der Waals surface area contributed by atoms with Crippen LogP contribution >= 0.6 is 22.9 Å². The van der Waals surface area contributed by atoms with Gasteiger partial charge in [0.05, 0.1) is 12.1 Å². The number of hydrogen-bond acceptors (Lipinski definition) is 6. The van der Waals surface area contributed by atoms with Gasteiger partial charge >= 0.3 is 0 Å². The average molecular weight is 591 g/mol. The normalized spacial score (nSPS) is 16.9. The Morgan fingerprint density at radius 2 is 1.76 bits per heavy atom. The molecule has 0 spiro atoms. The Balaban J connectivity index is 1.52. The lowest BCUT2D eigenvalue weighted by molar-refractivity contribution is 0.0604. The van der Waals surface area contributed by atoms with Gasteiger partial charge in [0, 0.05) is 54.6 Å². The molecular formula is C32H35ClN4O3S. The van der Waals surface area contributed by atoms with E-state index in [-0.39, 0.29) is 17.9 Å². The van der Waals surface area contributed by atoms with Gasteiger partial charge in [-0.25, -0.2) is 0 Å². The molecule has 5 rings (SSSR count). The Hall–Kier alpha value is -3.46. The van der Waals surface area contributed by atoms with Crippen LogP contribution in [0, 0.1) is 0 Å². The standard InChI is InChI=1S/C32H35ClN4O3S/c1-34-23-10-12-24(13-11-23)37(32(39)30-29(33)25-7-5-6-8-28(25)41-30)19-22-17-20(9-14-27(22)40-4)21-15-16-35-26(18-21)31(38)36(2)3/h5-9,14-18,23-24,34H,10-13,19H2,1-4H3. The van der Waals surface area contributed by atoms with Gasteiger partial charge in [-0.05, 0) is 74.2 Å². The second kappa shape index (κ2) is 12.6. The highest BCUT2D eigenvalue weighted by molar-refractivity contribution is 7.21. The van der Waals surface area contributed by atoms with Crippen LogP contribution in [0.1, 0.15) is 51.4 Å². The summed E-state index contributed by atoms with van der Waals surface area (Å²) in [5, 5.41) is 4.81. The van der Waals surface area contributed by atoms with E-state index in [1.54, 1.807) is 33.5 Å². The number of ether oxygens (including phenoxy) is 1. The SMILES string of the molecule is CNC1CCC(N(Cc2cc(-c3ccnc(C(=O)N(C)C)c3)ccc2OC)C(=O)c2sc3ccccc3c2Cl)CC1. The van der Waals surface area contributed by atoms with Crippen LogP contribution in [-0.4, -0.2) is 66.9 Å². The van der Waals surface area contributed by atoms with Crippen molar-refractivity contribution in [1.29, 1.82) is 0 Å². The van der Waals surface area contributed by atoms with Crippen LogP contribution in [0.5, 0.6) is 5.75 Å². The zero-order chi connectivity index (χ0) is 29.1. The summed E-state index contributed by atoms with van der Waals surface area (Å²) in [6, 6.07) is 18.0. The lowest BCUT2D eigenvalue weighted by Crippen LogP contribution is -2.44. The van der Waals surface area contributed by atoms with E-state index >= 15 is 0 Å². The summed E-state index contributed by atoms with van der Waals surface area (Å²) < 4.78 is 6.76.